The van der Waals surface area contributed by atoms with Crippen LogP contribution in [0.5, 0.6) is 0 Å². The smallest absolute Gasteiger partial charge is 0.131 e. The lowest BCUT2D eigenvalue weighted by Crippen LogP contribution is -2.36. The second-order valence-corrected chi connectivity index (χ2v) is 6.82. The van der Waals surface area contributed by atoms with Crippen LogP contribution < -0.4 is 5.32 Å². The van der Waals surface area contributed by atoms with E-state index in [0.29, 0.717) is 6.04 Å². The van der Waals surface area contributed by atoms with Gasteiger partial charge in [-0.25, -0.2) is 4.98 Å². The van der Waals surface area contributed by atoms with Crippen molar-refractivity contribution in [1.29, 1.82) is 0 Å². The van der Waals surface area contributed by atoms with Gasteiger partial charge in [0.05, 0.1) is 0 Å². The monoisotopic (exact) mass is 289 g/mol. The minimum Gasteiger partial charge on any atom is -0.336 e. The van der Waals surface area contributed by atoms with E-state index in [-0.39, 0.29) is 6.04 Å². The molecule has 20 heavy (non-hydrogen) atoms. The topological polar surface area (TPSA) is 29.9 Å². The second kappa shape index (κ2) is 6.10. The van der Waals surface area contributed by atoms with Gasteiger partial charge in [-0.2, -0.15) is 0 Å². The highest BCUT2D eigenvalue weighted by Gasteiger charge is 2.27. The quantitative estimate of drug-likeness (QED) is 0.908. The van der Waals surface area contributed by atoms with Gasteiger partial charge in [-0.3, -0.25) is 0 Å². The van der Waals surface area contributed by atoms with Gasteiger partial charge in [-0.05, 0) is 37.1 Å². The van der Waals surface area contributed by atoms with E-state index in [9.17, 15) is 0 Å². The number of hydrogen-bond acceptors (Lipinski definition) is 3. The average molecular weight is 289 g/mol. The van der Waals surface area contributed by atoms with E-state index in [1.807, 2.05) is 12.4 Å². The minimum absolute atomic E-state index is 0.214. The molecule has 0 aliphatic heterocycles. The number of hydrogen-bond donors (Lipinski definition) is 1. The summed E-state index contributed by atoms with van der Waals surface area (Å²) < 4.78 is 2.12. The lowest BCUT2D eigenvalue weighted by molar-refractivity contribution is 0.355. The van der Waals surface area contributed by atoms with Crippen LogP contribution in [-0.4, -0.2) is 15.6 Å². The SMILES string of the molecule is C[C@H](NC(c1cccs1)c1nccn1C)C1CCCC1. The Kier molecular flexibility index (Phi) is 4.22. The molecule has 0 radical (unpaired) electrons. The highest BCUT2D eigenvalue weighted by atomic mass is 32.1. The van der Waals surface area contributed by atoms with E-state index < -0.39 is 0 Å². The molecule has 1 unspecified atom stereocenters. The fraction of sp³-hybridized carbons (Fsp3) is 0.562. The molecule has 0 saturated heterocycles. The standard InChI is InChI=1S/C16H23N3S/c1-12(13-6-3-4-7-13)18-15(14-8-5-11-20-14)16-17-9-10-19(16)2/h5,8-13,15,18H,3-4,6-7H2,1-2H3/t12-,15?/m0/s1. The summed E-state index contributed by atoms with van der Waals surface area (Å²) in [5, 5.41) is 5.98. The summed E-state index contributed by atoms with van der Waals surface area (Å²) in [5.74, 6) is 1.93. The molecule has 108 valence electrons. The highest BCUT2D eigenvalue weighted by Crippen LogP contribution is 2.31. The van der Waals surface area contributed by atoms with Crippen LogP contribution in [0, 0.1) is 5.92 Å². The maximum Gasteiger partial charge on any atom is 0.131 e. The lowest BCUT2D eigenvalue weighted by Gasteiger charge is -2.26. The second-order valence-electron chi connectivity index (χ2n) is 5.84. The molecule has 1 N–H and O–H groups in total. The van der Waals surface area contributed by atoms with Crippen molar-refractivity contribution in [2.24, 2.45) is 13.0 Å². The molecule has 2 heterocycles. The van der Waals surface area contributed by atoms with Crippen molar-refractivity contribution in [2.45, 2.75) is 44.7 Å². The van der Waals surface area contributed by atoms with Crippen LogP contribution in [0.1, 0.15) is 49.4 Å². The third-order valence-electron chi connectivity index (χ3n) is 4.48. The van der Waals surface area contributed by atoms with Crippen LogP contribution in [0.3, 0.4) is 0 Å². The first kappa shape index (κ1) is 13.8. The molecular formula is C16H23N3S. The van der Waals surface area contributed by atoms with Crippen LogP contribution in [0.4, 0.5) is 0 Å². The molecule has 1 aliphatic carbocycles. The molecule has 2 aromatic heterocycles. The van der Waals surface area contributed by atoms with Gasteiger partial charge >= 0.3 is 0 Å². The molecule has 0 aromatic carbocycles. The summed E-state index contributed by atoms with van der Waals surface area (Å²) in [6, 6.07) is 5.09. The van der Waals surface area contributed by atoms with Gasteiger partial charge in [-0.15, -0.1) is 11.3 Å². The molecule has 2 atom stereocenters. The van der Waals surface area contributed by atoms with E-state index >= 15 is 0 Å². The van der Waals surface area contributed by atoms with Crippen molar-refractivity contribution in [3.63, 3.8) is 0 Å². The van der Waals surface area contributed by atoms with E-state index in [2.05, 4.69) is 46.4 Å². The first-order valence-electron chi connectivity index (χ1n) is 7.52. The molecule has 4 heteroatoms. The van der Waals surface area contributed by atoms with Crippen LogP contribution in [0.15, 0.2) is 29.9 Å². The first-order chi connectivity index (χ1) is 9.75. The van der Waals surface area contributed by atoms with Gasteiger partial charge in [0.25, 0.3) is 0 Å². The Morgan fingerprint density at radius 1 is 1.40 bits per heavy atom. The summed E-state index contributed by atoms with van der Waals surface area (Å²) in [6.45, 7) is 2.33. The molecule has 1 fully saturated rings. The minimum atomic E-state index is 0.214. The molecule has 0 spiro atoms. The molecule has 1 aliphatic rings. The number of nitrogens with one attached hydrogen (secondary N) is 1. The number of imidazole rings is 1. The molecule has 3 nitrogen and oxygen atoms in total. The highest BCUT2D eigenvalue weighted by molar-refractivity contribution is 7.10. The van der Waals surface area contributed by atoms with Crippen molar-refractivity contribution in [3.8, 4) is 0 Å². The third-order valence-corrected chi connectivity index (χ3v) is 5.42. The number of aromatic nitrogens is 2. The summed E-state index contributed by atoms with van der Waals surface area (Å²) in [6.07, 6.45) is 9.43. The zero-order valence-corrected chi connectivity index (χ0v) is 13.1. The molecular weight excluding hydrogens is 266 g/mol. The van der Waals surface area contributed by atoms with E-state index in [1.165, 1.54) is 30.6 Å². The Labute approximate surface area is 125 Å². The normalized spacial score (nSPS) is 19.3. The number of aryl methyl sites for hydroxylation is 1. The van der Waals surface area contributed by atoms with Crippen molar-refractivity contribution >= 4 is 11.3 Å². The van der Waals surface area contributed by atoms with E-state index in [4.69, 9.17) is 0 Å². The third kappa shape index (κ3) is 2.81. The summed E-state index contributed by atoms with van der Waals surface area (Å²) in [7, 11) is 2.07. The molecule has 1 saturated carbocycles. The van der Waals surface area contributed by atoms with E-state index in [1.54, 1.807) is 11.3 Å². The van der Waals surface area contributed by atoms with Crippen molar-refractivity contribution in [2.75, 3.05) is 0 Å². The molecule has 3 rings (SSSR count). The predicted molar refractivity (Wildman–Crippen MR) is 83.9 cm³/mol. The van der Waals surface area contributed by atoms with Crippen LogP contribution in [-0.2, 0) is 7.05 Å². The molecule has 0 bridgehead atoms. The fourth-order valence-corrected chi connectivity index (χ4v) is 4.03. The fourth-order valence-electron chi connectivity index (χ4n) is 3.25. The Morgan fingerprint density at radius 2 is 2.20 bits per heavy atom. The number of rotatable bonds is 5. The maximum atomic E-state index is 4.56. The Bertz CT molecular complexity index is 526. The van der Waals surface area contributed by atoms with E-state index in [0.717, 1.165) is 11.7 Å². The maximum absolute atomic E-state index is 4.56. The van der Waals surface area contributed by atoms with Crippen molar-refractivity contribution in [1.82, 2.24) is 14.9 Å². The Morgan fingerprint density at radius 3 is 2.80 bits per heavy atom. The zero-order valence-electron chi connectivity index (χ0n) is 12.2. The zero-order chi connectivity index (χ0) is 13.9. The van der Waals surface area contributed by atoms with Gasteiger partial charge in [-0.1, -0.05) is 18.9 Å². The lowest BCUT2D eigenvalue weighted by atomic mass is 9.98. The summed E-state index contributed by atoms with van der Waals surface area (Å²) >= 11 is 1.81. The molecule has 0 amide bonds. The number of nitrogens with zero attached hydrogens (tertiary/aromatic N) is 2. The van der Waals surface area contributed by atoms with Crippen LogP contribution in [0.25, 0.3) is 0 Å². The summed E-state index contributed by atoms with van der Waals surface area (Å²) in [5.41, 5.74) is 0. The van der Waals surface area contributed by atoms with Crippen LogP contribution in [0.2, 0.25) is 0 Å². The van der Waals surface area contributed by atoms with Crippen molar-refractivity contribution in [3.05, 3.63) is 40.6 Å². The Balaban J connectivity index is 1.81. The molecule has 2 aromatic rings. The largest absolute Gasteiger partial charge is 0.336 e. The number of thiophene rings is 1. The van der Waals surface area contributed by atoms with Gasteiger partial charge in [0.1, 0.15) is 11.9 Å². The average Bonchev–Trinajstić information content (AvgIpc) is 3.18. The van der Waals surface area contributed by atoms with Gasteiger partial charge in [0.15, 0.2) is 0 Å². The summed E-state index contributed by atoms with van der Waals surface area (Å²) in [4.78, 5) is 5.91. The van der Waals surface area contributed by atoms with Crippen molar-refractivity contribution < 1.29 is 0 Å². The first-order valence-corrected chi connectivity index (χ1v) is 8.40. The predicted octanol–water partition coefficient (Wildman–Crippen LogP) is 3.74. The van der Waals surface area contributed by atoms with Gasteiger partial charge in [0.2, 0.25) is 0 Å². The van der Waals surface area contributed by atoms with Crippen LogP contribution >= 0.6 is 11.3 Å². The van der Waals surface area contributed by atoms with Gasteiger partial charge in [0, 0.05) is 30.4 Å². The van der Waals surface area contributed by atoms with Gasteiger partial charge < -0.3 is 9.88 Å². The Hall–Kier alpha value is -1.13.